The molecule has 1 amide bonds. The molecule has 2 heterocycles. The molecule has 4 rings (SSSR count). The maximum atomic E-state index is 12.9. The molecule has 0 bridgehead atoms. The van der Waals surface area contributed by atoms with Crippen LogP contribution in [0.25, 0.3) is 16.5 Å². The van der Waals surface area contributed by atoms with Crippen LogP contribution in [0.4, 0.5) is 0 Å². The molecule has 2 aromatic heterocycles. The van der Waals surface area contributed by atoms with E-state index in [1.165, 1.54) is 10.9 Å². The number of aryl methyl sites for hydroxylation is 2. The number of carbonyl (C=O) groups excluding carboxylic acids is 1. The molecule has 0 fully saturated rings. The molecule has 0 radical (unpaired) electrons. The molecule has 0 aliphatic heterocycles. The molecular weight excluding hydrogens is 428 g/mol. The third-order valence-electron chi connectivity index (χ3n) is 4.93. The fourth-order valence-corrected chi connectivity index (χ4v) is 3.69. The van der Waals surface area contributed by atoms with Crippen LogP contribution in [-0.2, 0) is 6.54 Å². The SMILES string of the molecule is CCCn1nc(C(=O)N/N=C/c2c(C)nn(-c3ccccc3)c2Cl)c2ccccc2c1=O. The molecule has 2 aromatic carbocycles. The Kier molecular flexibility index (Phi) is 6.13. The van der Waals surface area contributed by atoms with E-state index in [-0.39, 0.29) is 11.3 Å². The van der Waals surface area contributed by atoms with Gasteiger partial charge in [-0.25, -0.2) is 14.8 Å². The fraction of sp³-hybridized carbons (Fsp3) is 0.174. The maximum absolute atomic E-state index is 12.9. The van der Waals surface area contributed by atoms with Gasteiger partial charge >= 0.3 is 0 Å². The number of benzene rings is 2. The van der Waals surface area contributed by atoms with E-state index >= 15 is 0 Å². The van der Waals surface area contributed by atoms with Crippen molar-refractivity contribution in [1.82, 2.24) is 25.0 Å². The van der Waals surface area contributed by atoms with Crippen molar-refractivity contribution < 1.29 is 4.79 Å². The minimum atomic E-state index is -0.522. The van der Waals surface area contributed by atoms with Crippen LogP contribution in [0.2, 0.25) is 5.15 Å². The van der Waals surface area contributed by atoms with E-state index < -0.39 is 5.91 Å². The van der Waals surface area contributed by atoms with Gasteiger partial charge in [-0.05, 0) is 31.5 Å². The highest BCUT2D eigenvalue weighted by Gasteiger charge is 2.17. The van der Waals surface area contributed by atoms with Gasteiger partial charge in [-0.1, -0.05) is 54.9 Å². The van der Waals surface area contributed by atoms with E-state index in [0.29, 0.717) is 40.1 Å². The quantitative estimate of drug-likeness (QED) is 0.359. The number of halogens is 1. The van der Waals surface area contributed by atoms with Crippen molar-refractivity contribution in [2.45, 2.75) is 26.8 Å². The molecular formula is C23H21ClN6O2. The van der Waals surface area contributed by atoms with Crippen LogP contribution in [0, 0.1) is 6.92 Å². The third-order valence-corrected chi connectivity index (χ3v) is 5.29. The van der Waals surface area contributed by atoms with Crippen LogP contribution in [-0.4, -0.2) is 31.7 Å². The Bertz CT molecular complexity index is 1370. The van der Waals surface area contributed by atoms with Crippen LogP contribution in [0.1, 0.15) is 35.1 Å². The highest BCUT2D eigenvalue weighted by Crippen LogP contribution is 2.22. The summed E-state index contributed by atoms with van der Waals surface area (Å²) in [5, 5.41) is 14.1. The first-order valence-corrected chi connectivity index (χ1v) is 10.5. The number of nitrogens with zero attached hydrogens (tertiary/aromatic N) is 5. The van der Waals surface area contributed by atoms with Gasteiger partial charge < -0.3 is 0 Å². The number of amides is 1. The van der Waals surface area contributed by atoms with E-state index in [2.05, 4.69) is 20.7 Å². The zero-order valence-electron chi connectivity index (χ0n) is 17.6. The Balaban J connectivity index is 1.63. The van der Waals surface area contributed by atoms with Crippen LogP contribution in [0.5, 0.6) is 0 Å². The third kappa shape index (κ3) is 4.04. The number of hydrogen-bond acceptors (Lipinski definition) is 5. The maximum Gasteiger partial charge on any atom is 0.292 e. The largest absolute Gasteiger partial charge is 0.292 e. The van der Waals surface area contributed by atoms with Crippen molar-refractivity contribution >= 4 is 34.5 Å². The zero-order chi connectivity index (χ0) is 22.7. The summed E-state index contributed by atoms with van der Waals surface area (Å²) < 4.78 is 2.92. The summed E-state index contributed by atoms with van der Waals surface area (Å²) in [6.45, 7) is 4.17. The lowest BCUT2D eigenvalue weighted by Crippen LogP contribution is -2.29. The number of carbonyl (C=O) groups is 1. The lowest BCUT2D eigenvalue weighted by molar-refractivity contribution is 0.0949. The number of rotatable bonds is 6. The van der Waals surface area contributed by atoms with Gasteiger partial charge in [0.2, 0.25) is 0 Å². The fourth-order valence-electron chi connectivity index (χ4n) is 3.37. The Morgan fingerprint density at radius 2 is 1.78 bits per heavy atom. The minimum absolute atomic E-state index is 0.133. The van der Waals surface area contributed by atoms with E-state index in [9.17, 15) is 9.59 Å². The van der Waals surface area contributed by atoms with Gasteiger partial charge in [-0.15, -0.1) is 0 Å². The van der Waals surface area contributed by atoms with Crippen molar-refractivity contribution in [3.05, 3.63) is 87.1 Å². The molecule has 32 heavy (non-hydrogen) atoms. The average Bonchev–Trinajstić information content (AvgIpc) is 3.10. The lowest BCUT2D eigenvalue weighted by atomic mass is 10.1. The Morgan fingerprint density at radius 3 is 2.50 bits per heavy atom. The van der Waals surface area contributed by atoms with Gasteiger partial charge in [0.25, 0.3) is 11.5 Å². The number of hydrogen-bond donors (Lipinski definition) is 1. The van der Waals surface area contributed by atoms with Crippen molar-refractivity contribution in [2.75, 3.05) is 0 Å². The second-order valence-electron chi connectivity index (χ2n) is 7.16. The summed E-state index contributed by atoms with van der Waals surface area (Å²) >= 11 is 6.49. The smallest absolute Gasteiger partial charge is 0.267 e. The van der Waals surface area contributed by atoms with Crippen molar-refractivity contribution in [1.29, 1.82) is 0 Å². The molecule has 162 valence electrons. The second-order valence-corrected chi connectivity index (χ2v) is 7.52. The molecule has 0 unspecified atom stereocenters. The van der Waals surface area contributed by atoms with Gasteiger partial charge in [0.1, 0.15) is 5.15 Å². The molecule has 0 atom stereocenters. The monoisotopic (exact) mass is 448 g/mol. The first-order valence-electron chi connectivity index (χ1n) is 10.1. The summed E-state index contributed by atoms with van der Waals surface area (Å²) in [5.74, 6) is -0.522. The van der Waals surface area contributed by atoms with Crippen LogP contribution >= 0.6 is 11.6 Å². The summed E-state index contributed by atoms with van der Waals surface area (Å²) in [7, 11) is 0. The molecule has 0 saturated carbocycles. The standard InChI is InChI=1S/C23H21ClN6O2/c1-3-13-29-23(32)18-12-8-7-11-17(18)20(28-29)22(31)26-25-14-19-15(2)27-30(21(19)24)16-9-5-4-6-10-16/h4-12,14H,3,13H2,1-2H3,(H,26,31)/b25-14+. The van der Waals surface area contributed by atoms with Gasteiger partial charge in [0, 0.05) is 11.9 Å². The Morgan fingerprint density at radius 1 is 1.09 bits per heavy atom. The van der Waals surface area contributed by atoms with E-state index in [1.807, 2.05) is 44.2 Å². The molecule has 0 aliphatic carbocycles. The predicted molar refractivity (Wildman–Crippen MR) is 125 cm³/mol. The first-order chi connectivity index (χ1) is 15.5. The van der Waals surface area contributed by atoms with Crippen molar-refractivity contribution in [3.8, 4) is 5.69 Å². The zero-order valence-corrected chi connectivity index (χ0v) is 18.4. The summed E-state index contributed by atoms with van der Waals surface area (Å²) in [4.78, 5) is 25.5. The highest BCUT2D eigenvalue weighted by atomic mass is 35.5. The number of aromatic nitrogens is 4. The summed E-state index contributed by atoms with van der Waals surface area (Å²) in [6, 6.07) is 16.4. The van der Waals surface area contributed by atoms with E-state index in [0.717, 1.165) is 5.69 Å². The molecule has 9 heteroatoms. The average molecular weight is 449 g/mol. The van der Waals surface area contributed by atoms with Crippen molar-refractivity contribution in [2.24, 2.45) is 5.10 Å². The number of nitrogens with one attached hydrogen (secondary N) is 1. The predicted octanol–water partition coefficient (Wildman–Crippen LogP) is 3.72. The van der Waals surface area contributed by atoms with Crippen LogP contribution in [0.15, 0.2) is 64.5 Å². The topological polar surface area (TPSA) is 94.2 Å². The van der Waals surface area contributed by atoms with Gasteiger partial charge in [-0.2, -0.15) is 15.3 Å². The number of fused-ring (bicyclic) bond motifs is 1. The van der Waals surface area contributed by atoms with Gasteiger partial charge in [-0.3, -0.25) is 9.59 Å². The first kappa shape index (κ1) is 21.5. The summed E-state index contributed by atoms with van der Waals surface area (Å²) in [6.07, 6.45) is 2.17. The minimum Gasteiger partial charge on any atom is -0.267 e. The molecule has 8 nitrogen and oxygen atoms in total. The van der Waals surface area contributed by atoms with Crippen molar-refractivity contribution in [3.63, 3.8) is 0 Å². The van der Waals surface area contributed by atoms with E-state index in [1.54, 1.807) is 28.9 Å². The van der Waals surface area contributed by atoms with Gasteiger partial charge in [0.15, 0.2) is 5.69 Å². The number of hydrazone groups is 1. The van der Waals surface area contributed by atoms with Crippen LogP contribution in [0.3, 0.4) is 0 Å². The molecule has 1 N–H and O–H groups in total. The molecule has 0 spiro atoms. The Hall–Kier alpha value is -3.78. The highest BCUT2D eigenvalue weighted by molar-refractivity contribution is 6.32. The molecule has 4 aromatic rings. The number of para-hydroxylation sites is 1. The summed E-state index contributed by atoms with van der Waals surface area (Å²) in [5.41, 5.74) is 4.47. The molecule has 0 saturated heterocycles. The second kappa shape index (κ2) is 9.15. The van der Waals surface area contributed by atoms with Gasteiger partial charge in [0.05, 0.1) is 28.5 Å². The van der Waals surface area contributed by atoms with Crippen LogP contribution < -0.4 is 11.0 Å². The lowest BCUT2D eigenvalue weighted by Gasteiger charge is -2.09. The molecule has 0 aliphatic rings. The normalized spacial score (nSPS) is 11.3. The van der Waals surface area contributed by atoms with E-state index in [4.69, 9.17) is 11.6 Å². The Labute approximate surface area is 189 Å².